The molecule has 1 aliphatic carbocycles. The van der Waals surface area contributed by atoms with Crippen LogP contribution in [0.3, 0.4) is 0 Å². The van der Waals surface area contributed by atoms with Gasteiger partial charge >= 0.3 is 0 Å². The number of aromatic nitrogens is 1. The van der Waals surface area contributed by atoms with Crippen LogP contribution >= 0.6 is 0 Å². The fourth-order valence-corrected chi connectivity index (χ4v) is 4.34. The van der Waals surface area contributed by atoms with Gasteiger partial charge in [-0.25, -0.2) is 0 Å². The highest BCUT2D eigenvalue weighted by Crippen LogP contribution is 2.41. The Kier molecular flexibility index (Phi) is 4.54. The van der Waals surface area contributed by atoms with E-state index in [0.29, 0.717) is 11.3 Å². The second-order valence-corrected chi connectivity index (χ2v) is 8.34. The van der Waals surface area contributed by atoms with Gasteiger partial charge in [-0.05, 0) is 48.3 Å². The molecule has 0 saturated carbocycles. The molecule has 1 aliphatic heterocycles. The van der Waals surface area contributed by atoms with Crippen molar-refractivity contribution in [3.63, 3.8) is 0 Å². The quantitative estimate of drug-likeness (QED) is 0.869. The van der Waals surface area contributed by atoms with E-state index in [1.54, 1.807) is 12.3 Å². The third-order valence-electron chi connectivity index (χ3n) is 6.00. The zero-order chi connectivity index (χ0) is 19.0. The Balaban J connectivity index is 1.49. The molecular weight excluding hydrogens is 338 g/mol. The average Bonchev–Trinajstić information content (AvgIpc) is 3.36. The first-order chi connectivity index (χ1) is 13.0. The smallest absolute Gasteiger partial charge is 0.270 e. The lowest BCUT2D eigenvalue weighted by Gasteiger charge is -2.37. The summed E-state index contributed by atoms with van der Waals surface area (Å²) in [6, 6.07) is 10.1. The van der Waals surface area contributed by atoms with Gasteiger partial charge in [0.1, 0.15) is 5.69 Å². The molecule has 0 radical (unpaired) electrons. The number of H-pyrrole nitrogens is 1. The normalized spacial score (nSPS) is 21.0. The number of amides is 2. The molecule has 2 N–H and O–H groups in total. The Morgan fingerprint density at radius 1 is 1.19 bits per heavy atom. The van der Waals surface area contributed by atoms with Crippen LogP contribution in [0, 0.1) is 0 Å². The summed E-state index contributed by atoms with van der Waals surface area (Å²) in [5.41, 5.74) is 3.64. The van der Waals surface area contributed by atoms with E-state index in [4.69, 9.17) is 0 Å². The van der Waals surface area contributed by atoms with Crippen molar-refractivity contribution in [1.82, 2.24) is 15.2 Å². The first-order valence-corrected chi connectivity index (χ1v) is 9.84. The third kappa shape index (κ3) is 3.38. The predicted molar refractivity (Wildman–Crippen MR) is 105 cm³/mol. The molecule has 2 aliphatic rings. The van der Waals surface area contributed by atoms with E-state index in [1.807, 2.05) is 11.0 Å². The summed E-state index contributed by atoms with van der Waals surface area (Å²) in [6.45, 7) is 6.11. The van der Waals surface area contributed by atoms with Gasteiger partial charge in [-0.3, -0.25) is 9.59 Å². The molecule has 0 spiro atoms. The van der Waals surface area contributed by atoms with Crippen LogP contribution in [0.1, 0.15) is 77.5 Å². The Hall–Kier alpha value is -2.56. The van der Waals surface area contributed by atoms with Gasteiger partial charge in [-0.1, -0.05) is 38.1 Å². The minimum Gasteiger partial charge on any atom is -0.356 e. The van der Waals surface area contributed by atoms with Crippen LogP contribution in [0.4, 0.5) is 0 Å². The molecule has 5 heteroatoms. The van der Waals surface area contributed by atoms with E-state index in [9.17, 15) is 9.59 Å². The maximum atomic E-state index is 12.8. The van der Waals surface area contributed by atoms with Gasteiger partial charge in [-0.2, -0.15) is 0 Å². The van der Waals surface area contributed by atoms with Crippen LogP contribution in [-0.4, -0.2) is 34.8 Å². The molecular formula is C22H27N3O2. The number of nitrogens with zero attached hydrogens (tertiary/aromatic N) is 1. The Labute approximate surface area is 160 Å². The molecule has 142 valence electrons. The monoisotopic (exact) mass is 365 g/mol. The summed E-state index contributed by atoms with van der Waals surface area (Å²) in [5, 5.41) is 3.17. The predicted octanol–water partition coefficient (Wildman–Crippen LogP) is 3.79. The summed E-state index contributed by atoms with van der Waals surface area (Å²) in [4.78, 5) is 30.1. The molecule has 27 heavy (non-hydrogen) atoms. The highest BCUT2D eigenvalue weighted by molar-refractivity contribution is 5.99. The van der Waals surface area contributed by atoms with Gasteiger partial charge < -0.3 is 15.2 Å². The molecule has 4 rings (SSSR count). The minimum absolute atomic E-state index is 0.00867. The summed E-state index contributed by atoms with van der Waals surface area (Å²) in [6.07, 6.45) is 5.69. The van der Waals surface area contributed by atoms with Gasteiger partial charge in [-0.15, -0.1) is 0 Å². The molecule has 2 heterocycles. The number of likely N-dealkylation sites (tertiary alicyclic amines) is 1. The van der Waals surface area contributed by atoms with Gasteiger partial charge in [0.2, 0.25) is 0 Å². The van der Waals surface area contributed by atoms with Crippen molar-refractivity contribution in [3.8, 4) is 0 Å². The van der Waals surface area contributed by atoms with Crippen LogP contribution in [0.15, 0.2) is 36.5 Å². The van der Waals surface area contributed by atoms with Crippen molar-refractivity contribution in [2.45, 2.75) is 51.0 Å². The van der Waals surface area contributed by atoms with Gasteiger partial charge in [0, 0.05) is 19.3 Å². The van der Waals surface area contributed by atoms with Crippen molar-refractivity contribution >= 4 is 11.8 Å². The van der Waals surface area contributed by atoms with Crippen molar-refractivity contribution in [1.29, 1.82) is 0 Å². The number of rotatable bonds is 3. The Morgan fingerprint density at radius 2 is 1.93 bits per heavy atom. The molecule has 1 atom stereocenters. The molecule has 1 aromatic heterocycles. The van der Waals surface area contributed by atoms with E-state index in [1.165, 1.54) is 11.1 Å². The molecule has 1 fully saturated rings. The van der Waals surface area contributed by atoms with E-state index >= 15 is 0 Å². The van der Waals surface area contributed by atoms with E-state index in [2.05, 4.69) is 42.3 Å². The third-order valence-corrected chi connectivity index (χ3v) is 6.00. The molecule has 0 bridgehead atoms. The molecule has 2 amide bonds. The standard InChI is InChI=1S/C22H27N3O2/c1-22(2)10-9-18(16-7-3-4-8-17(16)22)24-20(26)15-13-19(23-14-15)21(27)25-11-5-6-12-25/h3-4,7-8,13-14,18,23H,5-6,9-12H2,1-2H3,(H,24,26). The average molecular weight is 365 g/mol. The van der Waals surface area contributed by atoms with Crippen LogP contribution < -0.4 is 5.32 Å². The highest BCUT2D eigenvalue weighted by Gasteiger charge is 2.33. The van der Waals surface area contributed by atoms with Crippen LogP contribution in [0.5, 0.6) is 0 Å². The maximum Gasteiger partial charge on any atom is 0.270 e. The zero-order valence-corrected chi connectivity index (χ0v) is 16.0. The van der Waals surface area contributed by atoms with Gasteiger partial charge in [0.05, 0.1) is 11.6 Å². The van der Waals surface area contributed by atoms with Crippen LogP contribution in [0.2, 0.25) is 0 Å². The Morgan fingerprint density at radius 3 is 2.70 bits per heavy atom. The number of nitrogens with one attached hydrogen (secondary N) is 2. The highest BCUT2D eigenvalue weighted by atomic mass is 16.2. The molecule has 5 nitrogen and oxygen atoms in total. The van der Waals surface area contributed by atoms with Crippen LogP contribution in [0.25, 0.3) is 0 Å². The molecule has 1 saturated heterocycles. The number of aromatic amines is 1. The Bertz CT molecular complexity index is 862. The van der Waals surface area contributed by atoms with Crippen molar-refractivity contribution < 1.29 is 9.59 Å². The molecule has 1 aromatic carbocycles. The van der Waals surface area contributed by atoms with Crippen molar-refractivity contribution in [2.75, 3.05) is 13.1 Å². The first kappa shape index (κ1) is 17.8. The summed E-state index contributed by atoms with van der Waals surface area (Å²) >= 11 is 0. The van der Waals surface area contributed by atoms with Gasteiger partial charge in [0.15, 0.2) is 0 Å². The lowest BCUT2D eigenvalue weighted by molar-refractivity contribution is 0.0787. The number of hydrogen-bond donors (Lipinski definition) is 2. The summed E-state index contributed by atoms with van der Waals surface area (Å²) in [5.74, 6) is -0.150. The van der Waals surface area contributed by atoms with Gasteiger partial charge in [0.25, 0.3) is 11.8 Å². The largest absolute Gasteiger partial charge is 0.356 e. The molecule has 1 unspecified atom stereocenters. The topological polar surface area (TPSA) is 65.2 Å². The zero-order valence-electron chi connectivity index (χ0n) is 16.0. The minimum atomic E-state index is -0.133. The number of hydrogen-bond acceptors (Lipinski definition) is 2. The molecule has 2 aromatic rings. The van der Waals surface area contributed by atoms with E-state index in [0.717, 1.165) is 38.8 Å². The second kappa shape index (κ2) is 6.87. The SMILES string of the molecule is CC1(C)CCC(NC(=O)c2c[nH]c(C(=O)N3CCCC3)c2)c2ccccc21. The van der Waals surface area contributed by atoms with E-state index < -0.39 is 0 Å². The maximum absolute atomic E-state index is 12.8. The summed E-state index contributed by atoms with van der Waals surface area (Å²) < 4.78 is 0. The lowest BCUT2D eigenvalue weighted by atomic mass is 9.71. The summed E-state index contributed by atoms with van der Waals surface area (Å²) in [7, 11) is 0. The first-order valence-electron chi connectivity index (χ1n) is 9.84. The van der Waals surface area contributed by atoms with Crippen LogP contribution in [-0.2, 0) is 5.41 Å². The number of carbonyl (C=O) groups is 2. The second-order valence-electron chi connectivity index (χ2n) is 8.34. The number of fused-ring (bicyclic) bond motifs is 1. The fraction of sp³-hybridized carbons (Fsp3) is 0.455. The van der Waals surface area contributed by atoms with Crippen molar-refractivity contribution in [2.24, 2.45) is 0 Å². The fourth-order valence-electron chi connectivity index (χ4n) is 4.34. The number of carbonyl (C=O) groups excluding carboxylic acids is 2. The number of benzene rings is 1. The van der Waals surface area contributed by atoms with E-state index in [-0.39, 0.29) is 23.3 Å². The lowest BCUT2D eigenvalue weighted by Crippen LogP contribution is -2.35. The van der Waals surface area contributed by atoms with Crippen molar-refractivity contribution in [3.05, 3.63) is 58.9 Å².